The number of carbonyl (C=O) groups excluding carboxylic acids is 1. The van der Waals surface area contributed by atoms with Crippen LogP contribution in [0.15, 0.2) is 34.7 Å². The average Bonchev–Trinajstić information content (AvgIpc) is 3.14. The van der Waals surface area contributed by atoms with Gasteiger partial charge in [-0.25, -0.2) is 13.4 Å². The van der Waals surface area contributed by atoms with Crippen LogP contribution in [-0.2, 0) is 10.0 Å². The van der Waals surface area contributed by atoms with Crippen molar-refractivity contribution < 1.29 is 17.9 Å². The second-order valence-electron chi connectivity index (χ2n) is 5.62. The van der Waals surface area contributed by atoms with Gasteiger partial charge in [-0.15, -0.1) is 11.3 Å². The van der Waals surface area contributed by atoms with Crippen LogP contribution in [0.25, 0.3) is 0 Å². The number of hydrogen-bond acceptors (Lipinski definition) is 6. The molecule has 0 spiro atoms. The summed E-state index contributed by atoms with van der Waals surface area (Å²) in [6.07, 6.45) is 4.32. The van der Waals surface area contributed by atoms with Crippen molar-refractivity contribution in [3.8, 4) is 5.75 Å². The predicted molar refractivity (Wildman–Crippen MR) is 95.7 cm³/mol. The predicted octanol–water partition coefficient (Wildman–Crippen LogP) is 2.58. The van der Waals surface area contributed by atoms with Crippen molar-refractivity contribution in [3.05, 3.63) is 35.3 Å². The van der Waals surface area contributed by atoms with Gasteiger partial charge in [0.05, 0.1) is 17.6 Å². The lowest BCUT2D eigenvalue weighted by Crippen LogP contribution is -2.35. The van der Waals surface area contributed by atoms with Crippen LogP contribution in [0.1, 0.15) is 29.6 Å². The Labute approximate surface area is 150 Å². The zero-order chi connectivity index (χ0) is 17.9. The molecule has 1 amide bonds. The van der Waals surface area contributed by atoms with Gasteiger partial charge < -0.3 is 4.74 Å². The molecule has 1 N–H and O–H groups in total. The average molecular weight is 381 g/mol. The Morgan fingerprint density at radius 3 is 2.68 bits per heavy atom. The molecule has 0 bridgehead atoms. The lowest BCUT2D eigenvalue weighted by atomic mass is 10.2. The zero-order valence-corrected chi connectivity index (χ0v) is 15.4. The van der Waals surface area contributed by atoms with Gasteiger partial charge in [0, 0.05) is 24.7 Å². The third-order valence-corrected chi connectivity index (χ3v) is 6.60. The number of carbonyl (C=O) groups is 1. The van der Waals surface area contributed by atoms with E-state index in [1.807, 2.05) is 0 Å². The molecule has 7 nitrogen and oxygen atoms in total. The van der Waals surface area contributed by atoms with Crippen LogP contribution in [0.5, 0.6) is 5.75 Å². The molecule has 0 aliphatic carbocycles. The maximum Gasteiger partial charge on any atom is 0.261 e. The highest BCUT2D eigenvalue weighted by atomic mass is 32.2. The maximum atomic E-state index is 12.8. The molecular weight excluding hydrogens is 362 g/mol. The molecule has 1 aliphatic heterocycles. The fourth-order valence-corrected chi connectivity index (χ4v) is 4.80. The molecule has 25 heavy (non-hydrogen) atoms. The Morgan fingerprint density at radius 1 is 1.28 bits per heavy atom. The SMILES string of the molecule is COc1ccc(S(=O)(=O)N2CCCCC2)cc1C(=O)Nc1nccs1. The molecule has 1 fully saturated rings. The van der Waals surface area contributed by atoms with Gasteiger partial charge >= 0.3 is 0 Å². The van der Waals surface area contributed by atoms with E-state index < -0.39 is 15.9 Å². The molecule has 3 rings (SSSR count). The number of aromatic nitrogens is 1. The Balaban J connectivity index is 1.92. The fourth-order valence-electron chi connectivity index (χ4n) is 2.73. The van der Waals surface area contributed by atoms with Gasteiger partial charge in [-0.05, 0) is 31.0 Å². The minimum absolute atomic E-state index is 0.0967. The monoisotopic (exact) mass is 381 g/mol. The summed E-state index contributed by atoms with van der Waals surface area (Å²) in [7, 11) is -2.18. The lowest BCUT2D eigenvalue weighted by molar-refractivity contribution is 0.102. The molecule has 0 atom stereocenters. The quantitative estimate of drug-likeness (QED) is 0.860. The van der Waals surface area contributed by atoms with Crippen molar-refractivity contribution in [3.63, 3.8) is 0 Å². The smallest absolute Gasteiger partial charge is 0.261 e. The molecule has 1 aliphatic rings. The van der Waals surface area contributed by atoms with Crippen molar-refractivity contribution >= 4 is 32.4 Å². The minimum Gasteiger partial charge on any atom is -0.496 e. The number of methoxy groups -OCH3 is 1. The molecule has 2 heterocycles. The molecular formula is C16H19N3O4S2. The second kappa shape index (κ2) is 7.51. The van der Waals surface area contributed by atoms with Gasteiger partial charge in [-0.3, -0.25) is 10.1 Å². The van der Waals surface area contributed by atoms with Crippen LogP contribution in [0, 0.1) is 0 Å². The summed E-state index contributed by atoms with van der Waals surface area (Å²) in [4.78, 5) is 16.6. The summed E-state index contributed by atoms with van der Waals surface area (Å²) in [5, 5.41) is 4.83. The van der Waals surface area contributed by atoms with Gasteiger partial charge in [0.15, 0.2) is 5.13 Å². The zero-order valence-electron chi connectivity index (χ0n) is 13.8. The second-order valence-corrected chi connectivity index (χ2v) is 8.45. The highest BCUT2D eigenvalue weighted by Gasteiger charge is 2.27. The Kier molecular flexibility index (Phi) is 5.36. The molecule has 1 saturated heterocycles. The topological polar surface area (TPSA) is 88.6 Å². The van der Waals surface area contributed by atoms with E-state index in [1.54, 1.807) is 11.6 Å². The normalized spacial score (nSPS) is 15.7. The highest BCUT2D eigenvalue weighted by Crippen LogP contribution is 2.27. The molecule has 134 valence electrons. The van der Waals surface area contributed by atoms with E-state index in [-0.39, 0.29) is 10.5 Å². The molecule has 0 saturated carbocycles. The number of nitrogens with zero attached hydrogens (tertiary/aromatic N) is 2. The first-order valence-corrected chi connectivity index (χ1v) is 10.2. The summed E-state index contributed by atoms with van der Waals surface area (Å²) < 4.78 is 32.3. The molecule has 1 aromatic carbocycles. The molecule has 0 unspecified atom stereocenters. The Bertz CT molecular complexity index is 844. The van der Waals surface area contributed by atoms with Crippen molar-refractivity contribution in [2.45, 2.75) is 24.2 Å². The minimum atomic E-state index is -3.62. The van der Waals surface area contributed by atoms with E-state index >= 15 is 0 Å². The van der Waals surface area contributed by atoms with Crippen LogP contribution >= 0.6 is 11.3 Å². The van der Waals surface area contributed by atoms with Crippen molar-refractivity contribution in [1.29, 1.82) is 0 Å². The summed E-state index contributed by atoms with van der Waals surface area (Å²) in [5.74, 6) is -0.144. The standard InChI is InChI=1S/C16H19N3O4S2/c1-23-14-6-5-12(25(21,22)19-8-3-2-4-9-19)11-13(14)15(20)18-16-17-7-10-24-16/h5-7,10-11H,2-4,8-9H2,1H3,(H,17,18,20). The first-order chi connectivity index (χ1) is 12.0. The van der Waals surface area contributed by atoms with E-state index in [4.69, 9.17) is 4.74 Å². The summed E-state index contributed by atoms with van der Waals surface area (Å²) in [5.41, 5.74) is 0.163. The van der Waals surface area contributed by atoms with Gasteiger partial charge in [-0.2, -0.15) is 4.31 Å². The van der Waals surface area contributed by atoms with E-state index in [2.05, 4.69) is 10.3 Å². The van der Waals surface area contributed by atoms with Gasteiger partial charge in [-0.1, -0.05) is 6.42 Å². The van der Waals surface area contributed by atoms with Crippen molar-refractivity contribution in [2.24, 2.45) is 0 Å². The van der Waals surface area contributed by atoms with E-state index in [9.17, 15) is 13.2 Å². The van der Waals surface area contributed by atoms with E-state index in [0.717, 1.165) is 19.3 Å². The number of anilines is 1. The lowest BCUT2D eigenvalue weighted by Gasteiger charge is -2.26. The van der Waals surface area contributed by atoms with Crippen LogP contribution in [0.3, 0.4) is 0 Å². The highest BCUT2D eigenvalue weighted by molar-refractivity contribution is 7.89. The van der Waals surface area contributed by atoms with Gasteiger partial charge in [0.2, 0.25) is 10.0 Å². The van der Waals surface area contributed by atoms with Crippen LogP contribution in [0.2, 0.25) is 0 Å². The summed E-state index contributed by atoms with van der Waals surface area (Å²) in [6, 6.07) is 4.35. The van der Waals surface area contributed by atoms with Gasteiger partial charge in [0.1, 0.15) is 5.75 Å². The summed E-state index contributed by atoms with van der Waals surface area (Å²) >= 11 is 1.28. The maximum absolute atomic E-state index is 12.8. The number of piperidine rings is 1. The Morgan fingerprint density at radius 2 is 2.04 bits per heavy atom. The van der Waals surface area contributed by atoms with E-state index in [1.165, 1.54) is 41.0 Å². The summed E-state index contributed by atoms with van der Waals surface area (Å²) in [6.45, 7) is 1.02. The number of amides is 1. The Hall–Kier alpha value is -1.97. The first kappa shape index (κ1) is 17.8. The van der Waals surface area contributed by atoms with E-state index in [0.29, 0.717) is 24.0 Å². The third kappa shape index (κ3) is 3.83. The fraction of sp³-hybridized carbons (Fsp3) is 0.375. The molecule has 2 aromatic rings. The first-order valence-electron chi connectivity index (χ1n) is 7.91. The third-order valence-electron chi connectivity index (χ3n) is 4.02. The number of ether oxygens (including phenoxy) is 1. The molecule has 9 heteroatoms. The van der Waals surface area contributed by atoms with Gasteiger partial charge in [0.25, 0.3) is 5.91 Å². The van der Waals surface area contributed by atoms with Crippen LogP contribution < -0.4 is 10.1 Å². The number of nitrogens with one attached hydrogen (secondary N) is 1. The number of benzene rings is 1. The molecule has 0 radical (unpaired) electrons. The largest absolute Gasteiger partial charge is 0.496 e. The van der Waals surface area contributed by atoms with Crippen molar-refractivity contribution in [1.82, 2.24) is 9.29 Å². The molecule has 1 aromatic heterocycles. The van der Waals surface area contributed by atoms with Crippen LogP contribution in [0.4, 0.5) is 5.13 Å². The van der Waals surface area contributed by atoms with Crippen molar-refractivity contribution in [2.75, 3.05) is 25.5 Å². The number of hydrogen-bond donors (Lipinski definition) is 1. The number of rotatable bonds is 5. The number of sulfonamides is 1. The number of thiazole rings is 1. The van der Waals surface area contributed by atoms with Crippen LogP contribution in [-0.4, -0.2) is 43.8 Å².